The second-order valence-electron chi connectivity index (χ2n) is 8.08. The van der Waals surface area contributed by atoms with E-state index in [0.717, 1.165) is 52.9 Å². The van der Waals surface area contributed by atoms with Gasteiger partial charge in [-0.05, 0) is 57.0 Å². The minimum Gasteiger partial charge on any atom is -0.497 e. The Balaban J connectivity index is 1.49. The fourth-order valence-electron chi connectivity index (χ4n) is 4.08. The normalized spacial score (nSPS) is 14.5. The van der Waals surface area contributed by atoms with Crippen molar-refractivity contribution in [3.63, 3.8) is 0 Å². The smallest absolute Gasteiger partial charge is 0.265 e. The molecule has 1 aromatic heterocycles. The van der Waals surface area contributed by atoms with Crippen molar-refractivity contribution < 1.29 is 9.53 Å². The van der Waals surface area contributed by atoms with Crippen molar-refractivity contribution in [1.82, 2.24) is 9.88 Å². The predicted octanol–water partition coefficient (Wildman–Crippen LogP) is 5.10. The molecule has 31 heavy (non-hydrogen) atoms. The number of carbonyl (C=O) groups excluding carboxylic acids is 1. The number of hydrogen-bond donors (Lipinski definition) is 0. The molecule has 0 spiro atoms. The van der Waals surface area contributed by atoms with E-state index in [1.54, 1.807) is 7.11 Å². The van der Waals surface area contributed by atoms with Crippen molar-refractivity contribution >= 4 is 22.9 Å². The molecule has 0 saturated carbocycles. The van der Waals surface area contributed by atoms with Crippen molar-refractivity contribution in [1.29, 1.82) is 0 Å². The van der Waals surface area contributed by atoms with Crippen LogP contribution in [0.3, 0.4) is 0 Å². The van der Waals surface area contributed by atoms with Gasteiger partial charge in [0, 0.05) is 37.4 Å². The molecule has 2 heterocycles. The molecule has 0 aliphatic carbocycles. The molecule has 1 aliphatic heterocycles. The van der Waals surface area contributed by atoms with Gasteiger partial charge in [-0.2, -0.15) is 0 Å². The first-order valence-corrected chi connectivity index (χ1v) is 11.5. The Morgan fingerprint density at radius 3 is 2.48 bits per heavy atom. The average Bonchev–Trinajstić information content (AvgIpc) is 2.98. The highest BCUT2D eigenvalue weighted by atomic mass is 32.1. The molecule has 0 bridgehead atoms. The summed E-state index contributed by atoms with van der Waals surface area (Å²) in [5.74, 6) is 0.957. The van der Waals surface area contributed by atoms with E-state index >= 15 is 0 Å². The molecule has 0 atom stereocenters. The Labute approximate surface area is 188 Å². The van der Waals surface area contributed by atoms with Crippen LogP contribution in [0.1, 0.15) is 32.9 Å². The van der Waals surface area contributed by atoms with Gasteiger partial charge in [0.1, 0.15) is 15.6 Å². The van der Waals surface area contributed by atoms with Crippen LogP contribution < -0.4 is 9.64 Å². The van der Waals surface area contributed by atoms with Crippen LogP contribution in [0.4, 0.5) is 5.69 Å². The third-order valence-electron chi connectivity index (χ3n) is 5.82. The maximum atomic E-state index is 13.3. The lowest BCUT2D eigenvalue weighted by atomic mass is 10.1. The fourth-order valence-corrected chi connectivity index (χ4v) is 5.20. The van der Waals surface area contributed by atoms with Gasteiger partial charge in [-0.3, -0.25) is 4.79 Å². The molecule has 162 valence electrons. The molecule has 6 heteroatoms. The summed E-state index contributed by atoms with van der Waals surface area (Å²) in [7, 11) is 1.68. The van der Waals surface area contributed by atoms with Gasteiger partial charge in [-0.1, -0.05) is 23.8 Å². The second-order valence-corrected chi connectivity index (χ2v) is 9.08. The van der Waals surface area contributed by atoms with Gasteiger partial charge in [0.25, 0.3) is 5.91 Å². The number of carbonyl (C=O) groups is 1. The summed E-state index contributed by atoms with van der Waals surface area (Å²) in [6, 6.07) is 14.5. The number of aromatic nitrogens is 1. The minimum atomic E-state index is 0.0996. The number of nitrogens with zero attached hydrogens (tertiary/aromatic N) is 3. The van der Waals surface area contributed by atoms with Gasteiger partial charge in [0.2, 0.25) is 0 Å². The third kappa shape index (κ3) is 4.59. The van der Waals surface area contributed by atoms with Crippen LogP contribution in [0.25, 0.3) is 10.6 Å². The molecule has 4 rings (SSSR count). The summed E-state index contributed by atoms with van der Waals surface area (Å²) in [4.78, 5) is 23.2. The molecule has 0 radical (unpaired) electrons. The number of hydrogen-bond acceptors (Lipinski definition) is 5. The van der Waals surface area contributed by atoms with Gasteiger partial charge >= 0.3 is 0 Å². The summed E-state index contributed by atoms with van der Waals surface area (Å²) >= 11 is 1.51. The summed E-state index contributed by atoms with van der Waals surface area (Å²) in [6.45, 7) is 9.36. The molecule has 2 aromatic carbocycles. The topological polar surface area (TPSA) is 45.7 Å². The fraction of sp³-hybridized carbons (Fsp3) is 0.360. The van der Waals surface area contributed by atoms with Crippen LogP contribution in [0.5, 0.6) is 5.75 Å². The SMILES string of the molecule is COc1ccc(N2CCCN(C(=O)c3sc(-c4ccc(C)cc4C)nc3C)CC2)cc1. The number of methoxy groups -OCH3 is 1. The molecule has 5 nitrogen and oxygen atoms in total. The van der Waals surface area contributed by atoms with Gasteiger partial charge < -0.3 is 14.5 Å². The molecular formula is C25H29N3O2S. The Kier molecular flexibility index (Phi) is 6.28. The number of benzene rings is 2. The first kappa shape index (κ1) is 21.4. The summed E-state index contributed by atoms with van der Waals surface area (Å²) in [5.41, 5.74) is 5.52. The number of thiazole rings is 1. The first-order chi connectivity index (χ1) is 15.0. The van der Waals surface area contributed by atoms with E-state index in [2.05, 4.69) is 49.1 Å². The van der Waals surface area contributed by atoms with Crippen molar-refractivity contribution in [2.75, 3.05) is 38.2 Å². The van der Waals surface area contributed by atoms with Crippen LogP contribution in [0.2, 0.25) is 0 Å². The monoisotopic (exact) mass is 435 g/mol. The third-order valence-corrected chi connectivity index (χ3v) is 7.00. The maximum absolute atomic E-state index is 13.3. The highest BCUT2D eigenvalue weighted by Crippen LogP contribution is 2.31. The largest absolute Gasteiger partial charge is 0.497 e. The van der Waals surface area contributed by atoms with Crippen LogP contribution in [-0.4, -0.2) is 49.1 Å². The molecule has 1 aliphatic rings. The van der Waals surface area contributed by atoms with Crippen molar-refractivity contribution in [2.24, 2.45) is 0 Å². The lowest BCUT2D eigenvalue weighted by Crippen LogP contribution is -2.35. The minimum absolute atomic E-state index is 0.0996. The molecule has 1 saturated heterocycles. The molecular weight excluding hydrogens is 406 g/mol. The van der Waals surface area contributed by atoms with Crippen molar-refractivity contribution in [2.45, 2.75) is 27.2 Å². The zero-order chi connectivity index (χ0) is 22.0. The molecule has 3 aromatic rings. The maximum Gasteiger partial charge on any atom is 0.265 e. The first-order valence-electron chi connectivity index (χ1n) is 10.7. The zero-order valence-corrected chi connectivity index (χ0v) is 19.5. The number of anilines is 1. The van der Waals surface area contributed by atoms with E-state index in [0.29, 0.717) is 6.54 Å². The lowest BCUT2D eigenvalue weighted by molar-refractivity contribution is 0.0771. The molecule has 1 fully saturated rings. The van der Waals surface area contributed by atoms with Gasteiger partial charge in [-0.25, -0.2) is 4.98 Å². The molecule has 1 amide bonds. The number of aryl methyl sites for hydroxylation is 3. The van der Waals surface area contributed by atoms with Gasteiger partial charge in [0.05, 0.1) is 12.8 Å². The summed E-state index contributed by atoms with van der Waals surface area (Å²) < 4.78 is 5.26. The van der Waals surface area contributed by atoms with Gasteiger partial charge in [-0.15, -0.1) is 11.3 Å². The summed E-state index contributed by atoms with van der Waals surface area (Å²) in [5, 5.41) is 0.924. The number of ether oxygens (including phenoxy) is 1. The Bertz CT molecular complexity index is 1070. The number of rotatable bonds is 4. The highest BCUT2D eigenvalue weighted by Gasteiger charge is 2.25. The Morgan fingerprint density at radius 1 is 1.00 bits per heavy atom. The quantitative estimate of drug-likeness (QED) is 0.572. The molecule has 0 N–H and O–H groups in total. The van der Waals surface area contributed by atoms with Crippen LogP contribution >= 0.6 is 11.3 Å². The zero-order valence-electron chi connectivity index (χ0n) is 18.6. The Morgan fingerprint density at radius 2 is 1.77 bits per heavy atom. The van der Waals surface area contributed by atoms with Crippen LogP contribution in [-0.2, 0) is 0 Å². The predicted molar refractivity (Wildman–Crippen MR) is 127 cm³/mol. The van der Waals surface area contributed by atoms with Crippen molar-refractivity contribution in [3.8, 4) is 16.3 Å². The van der Waals surface area contributed by atoms with E-state index in [1.807, 2.05) is 24.0 Å². The second kappa shape index (κ2) is 9.10. The average molecular weight is 436 g/mol. The van der Waals surface area contributed by atoms with E-state index in [-0.39, 0.29) is 5.91 Å². The van der Waals surface area contributed by atoms with E-state index in [9.17, 15) is 4.79 Å². The molecule has 0 unspecified atom stereocenters. The van der Waals surface area contributed by atoms with Crippen molar-refractivity contribution in [3.05, 3.63) is 64.2 Å². The van der Waals surface area contributed by atoms with E-state index < -0.39 is 0 Å². The van der Waals surface area contributed by atoms with E-state index in [4.69, 9.17) is 9.72 Å². The summed E-state index contributed by atoms with van der Waals surface area (Å²) in [6.07, 6.45) is 0.944. The Hall–Kier alpha value is -2.86. The highest BCUT2D eigenvalue weighted by molar-refractivity contribution is 7.17. The lowest BCUT2D eigenvalue weighted by Gasteiger charge is -2.23. The number of amides is 1. The van der Waals surface area contributed by atoms with E-state index in [1.165, 1.54) is 28.2 Å². The van der Waals surface area contributed by atoms with Crippen LogP contribution in [0.15, 0.2) is 42.5 Å². The van der Waals surface area contributed by atoms with Gasteiger partial charge in [0.15, 0.2) is 0 Å². The van der Waals surface area contributed by atoms with Crippen LogP contribution in [0, 0.1) is 20.8 Å². The standard InChI is InChI=1S/C25H29N3O2S/c1-17-6-11-22(18(2)16-17)24-26-19(3)23(31-24)25(29)28-13-5-12-27(14-15-28)20-7-9-21(30-4)10-8-20/h6-11,16H,5,12-15H2,1-4H3.